The fourth-order valence-corrected chi connectivity index (χ4v) is 1.74. The van der Waals surface area contributed by atoms with Crippen LogP contribution in [0.5, 0.6) is 11.5 Å². The number of sulfone groups is 1. The molecule has 0 aliphatic heterocycles. The first kappa shape index (κ1) is 9.85. The van der Waals surface area contributed by atoms with Crippen molar-refractivity contribution in [1.82, 2.24) is 0 Å². The van der Waals surface area contributed by atoms with Gasteiger partial charge in [0.05, 0.1) is 7.11 Å². The van der Waals surface area contributed by atoms with E-state index in [1.807, 2.05) is 0 Å². The van der Waals surface area contributed by atoms with E-state index in [0.29, 0.717) is 0 Å². The number of benzene rings is 1. The van der Waals surface area contributed by atoms with Crippen LogP contribution < -0.4 is 4.74 Å². The van der Waals surface area contributed by atoms with Crippen LogP contribution in [0.3, 0.4) is 0 Å². The molecule has 0 radical (unpaired) electrons. The molecule has 0 amide bonds. The minimum atomic E-state index is -3.40. The maximum absolute atomic E-state index is 11.1. The molecule has 0 spiro atoms. The Hall–Kier alpha value is -1.23. The van der Waals surface area contributed by atoms with Crippen LogP contribution in [0.1, 0.15) is 0 Å². The van der Waals surface area contributed by atoms with Crippen LogP contribution in [0, 0.1) is 0 Å². The summed E-state index contributed by atoms with van der Waals surface area (Å²) in [6.45, 7) is 0. The standard InChI is InChI=1S/C8H10O4S/c1-12-6-4-3-5-7(8(6)9)13(2,10)11/h3-5,9H,1-2H3. The minimum Gasteiger partial charge on any atom is -0.503 e. The molecule has 0 atom stereocenters. The Kier molecular flexibility index (Phi) is 2.47. The van der Waals surface area contributed by atoms with Gasteiger partial charge in [0, 0.05) is 6.26 Å². The lowest BCUT2D eigenvalue weighted by atomic mass is 10.3. The van der Waals surface area contributed by atoms with Gasteiger partial charge in [0.1, 0.15) is 4.90 Å². The lowest BCUT2D eigenvalue weighted by Crippen LogP contribution is -1.98. The summed E-state index contributed by atoms with van der Waals surface area (Å²) in [4.78, 5) is -0.119. The largest absolute Gasteiger partial charge is 0.503 e. The molecule has 0 saturated heterocycles. The number of hydrogen-bond donors (Lipinski definition) is 1. The van der Waals surface area contributed by atoms with E-state index in [0.717, 1.165) is 6.26 Å². The van der Waals surface area contributed by atoms with Crippen molar-refractivity contribution in [2.75, 3.05) is 13.4 Å². The van der Waals surface area contributed by atoms with Crippen LogP contribution in [-0.4, -0.2) is 26.9 Å². The quantitative estimate of drug-likeness (QED) is 0.770. The van der Waals surface area contributed by atoms with Crippen LogP contribution in [0.2, 0.25) is 0 Å². The zero-order valence-corrected chi connectivity index (χ0v) is 8.13. The van der Waals surface area contributed by atoms with Gasteiger partial charge in [-0.3, -0.25) is 0 Å². The van der Waals surface area contributed by atoms with Gasteiger partial charge in [-0.15, -0.1) is 0 Å². The number of ether oxygens (including phenoxy) is 1. The van der Waals surface area contributed by atoms with Crippen LogP contribution in [-0.2, 0) is 9.84 Å². The highest BCUT2D eigenvalue weighted by Crippen LogP contribution is 2.32. The van der Waals surface area contributed by atoms with E-state index in [-0.39, 0.29) is 16.4 Å². The molecule has 72 valence electrons. The molecular weight excluding hydrogens is 192 g/mol. The average Bonchev–Trinajstić information content (AvgIpc) is 2.02. The first-order chi connectivity index (χ1) is 5.96. The van der Waals surface area contributed by atoms with Crippen molar-refractivity contribution in [1.29, 1.82) is 0 Å². The van der Waals surface area contributed by atoms with Crippen molar-refractivity contribution in [3.8, 4) is 11.5 Å². The summed E-state index contributed by atoms with van der Waals surface area (Å²) >= 11 is 0. The zero-order valence-electron chi connectivity index (χ0n) is 7.31. The number of phenols is 1. The molecule has 0 aromatic heterocycles. The topological polar surface area (TPSA) is 63.6 Å². The summed E-state index contributed by atoms with van der Waals surface area (Å²) < 4.78 is 27.0. The van der Waals surface area contributed by atoms with Crippen molar-refractivity contribution >= 4 is 9.84 Å². The first-order valence-corrected chi connectivity index (χ1v) is 5.42. The van der Waals surface area contributed by atoms with E-state index in [1.54, 1.807) is 0 Å². The highest BCUT2D eigenvalue weighted by molar-refractivity contribution is 7.90. The Morgan fingerprint density at radius 1 is 1.38 bits per heavy atom. The SMILES string of the molecule is COc1cccc(S(C)(=O)=O)c1O. The highest BCUT2D eigenvalue weighted by atomic mass is 32.2. The lowest BCUT2D eigenvalue weighted by Gasteiger charge is -2.06. The summed E-state index contributed by atoms with van der Waals surface area (Å²) in [6, 6.07) is 4.33. The molecule has 5 heteroatoms. The molecule has 1 aromatic rings. The van der Waals surface area contributed by atoms with Gasteiger partial charge >= 0.3 is 0 Å². The number of phenolic OH excluding ortho intramolecular Hbond substituents is 1. The van der Waals surface area contributed by atoms with Crippen molar-refractivity contribution in [3.63, 3.8) is 0 Å². The molecule has 0 saturated carbocycles. The summed E-state index contributed by atoms with van der Waals surface area (Å²) in [6.07, 6.45) is 1.03. The second-order valence-corrected chi connectivity index (χ2v) is 4.56. The molecule has 1 N–H and O–H groups in total. The maximum Gasteiger partial charge on any atom is 0.179 e. The Bertz CT molecular complexity index is 408. The van der Waals surface area contributed by atoms with Gasteiger partial charge in [-0.25, -0.2) is 8.42 Å². The Labute approximate surface area is 76.7 Å². The van der Waals surface area contributed by atoms with Crippen molar-refractivity contribution in [2.24, 2.45) is 0 Å². The first-order valence-electron chi connectivity index (χ1n) is 3.53. The molecule has 13 heavy (non-hydrogen) atoms. The fourth-order valence-electron chi connectivity index (χ4n) is 0.966. The third-order valence-corrected chi connectivity index (χ3v) is 2.71. The van der Waals surface area contributed by atoms with Gasteiger partial charge in [0.15, 0.2) is 21.3 Å². The van der Waals surface area contributed by atoms with Gasteiger partial charge in [0.25, 0.3) is 0 Å². The molecular formula is C8H10O4S. The van der Waals surface area contributed by atoms with Crippen LogP contribution in [0.4, 0.5) is 0 Å². The van der Waals surface area contributed by atoms with Crippen LogP contribution in [0.25, 0.3) is 0 Å². The van der Waals surface area contributed by atoms with Crippen molar-refractivity contribution < 1.29 is 18.3 Å². The maximum atomic E-state index is 11.1. The van der Waals surface area contributed by atoms with E-state index >= 15 is 0 Å². The van der Waals surface area contributed by atoms with Gasteiger partial charge in [0.2, 0.25) is 0 Å². The minimum absolute atomic E-state index is 0.119. The molecule has 0 unspecified atom stereocenters. The smallest absolute Gasteiger partial charge is 0.179 e. The van der Waals surface area contributed by atoms with E-state index in [2.05, 4.69) is 0 Å². The summed E-state index contributed by atoms with van der Waals surface area (Å²) in [5.74, 6) is -0.185. The summed E-state index contributed by atoms with van der Waals surface area (Å²) in [5.41, 5.74) is 0. The molecule has 0 fully saturated rings. The number of para-hydroxylation sites is 1. The summed E-state index contributed by atoms with van der Waals surface area (Å²) in [5, 5.41) is 9.42. The van der Waals surface area contributed by atoms with Crippen molar-refractivity contribution in [2.45, 2.75) is 4.90 Å². The third kappa shape index (κ3) is 1.92. The van der Waals surface area contributed by atoms with Crippen LogP contribution >= 0.6 is 0 Å². The Morgan fingerprint density at radius 2 is 2.00 bits per heavy atom. The van der Waals surface area contributed by atoms with E-state index in [1.165, 1.54) is 25.3 Å². The predicted octanol–water partition coefficient (Wildman–Crippen LogP) is 0.804. The molecule has 4 nitrogen and oxygen atoms in total. The number of hydrogen-bond acceptors (Lipinski definition) is 4. The molecule has 0 aliphatic rings. The molecule has 0 heterocycles. The number of methoxy groups -OCH3 is 1. The molecule has 0 bridgehead atoms. The predicted molar refractivity (Wildman–Crippen MR) is 47.8 cm³/mol. The van der Waals surface area contributed by atoms with Gasteiger partial charge < -0.3 is 9.84 Å². The second-order valence-electron chi connectivity index (χ2n) is 2.58. The average molecular weight is 202 g/mol. The van der Waals surface area contributed by atoms with Gasteiger partial charge in [-0.05, 0) is 12.1 Å². The monoisotopic (exact) mass is 202 g/mol. The second kappa shape index (κ2) is 3.26. The molecule has 0 aliphatic carbocycles. The Morgan fingerprint density at radius 3 is 2.46 bits per heavy atom. The van der Waals surface area contributed by atoms with E-state index in [9.17, 15) is 13.5 Å². The van der Waals surface area contributed by atoms with Gasteiger partial charge in [-0.2, -0.15) is 0 Å². The van der Waals surface area contributed by atoms with Crippen LogP contribution in [0.15, 0.2) is 23.1 Å². The van der Waals surface area contributed by atoms with Gasteiger partial charge in [-0.1, -0.05) is 6.07 Å². The normalized spacial score (nSPS) is 11.2. The lowest BCUT2D eigenvalue weighted by molar-refractivity contribution is 0.366. The summed E-state index contributed by atoms with van der Waals surface area (Å²) in [7, 11) is -2.03. The fraction of sp³-hybridized carbons (Fsp3) is 0.250. The van der Waals surface area contributed by atoms with Crippen molar-refractivity contribution in [3.05, 3.63) is 18.2 Å². The third-order valence-electron chi connectivity index (χ3n) is 1.58. The number of aromatic hydroxyl groups is 1. The number of rotatable bonds is 2. The van der Waals surface area contributed by atoms with E-state index < -0.39 is 9.84 Å². The molecule has 1 rings (SSSR count). The zero-order chi connectivity index (χ0) is 10.1. The molecule has 1 aromatic carbocycles. The van der Waals surface area contributed by atoms with E-state index in [4.69, 9.17) is 4.74 Å². The highest BCUT2D eigenvalue weighted by Gasteiger charge is 2.15. The Balaban J connectivity index is 3.41.